The van der Waals surface area contributed by atoms with Crippen LogP contribution in [0.3, 0.4) is 0 Å². The number of nitrogens with zero attached hydrogens (tertiary/aromatic N) is 4. The van der Waals surface area contributed by atoms with Crippen LogP contribution >= 0.6 is 0 Å². The quantitative estimate of drug-likeness (QED) is 0.757. The molecule has 0 spiro atoms. The highest BCUT2D eigenvalue weighted by atomic mass is 16.2. The van der Waals surface area contributed by atoms with Crippen molar-refractivity contribution in [3.63, 3.8) is 0 Å². The summed E-state index contributed by atoms with van der Waals surface area (Å²) in [6.07, 6.45) is 4.09. The number of para-hydroxylation sites is 1. The number of hydrogen-bond donors (Lipinski definition) is 1. The maximum absolute atomic E-state index is 12.9. The number of piperidine rings is 1. The van der Waals surface area contributed by atoms with Gasteiger partial charge in [0.2, 0.25) is 0 Å². The number of carbonyl (C=O) groups is 1. The fourth-order valence-corrected chi connectivity index (χ4v) is 4.03. The van der Waals surface area contributed by atoms with Crippen molar-refractivity contribution in [2.75, 3.05) is 13.1 Å². The molecule has 2 aromatic heterocycles. The zero-order valence-corrected chi connectivity index (χ0v) is 15.7. The average Bonchev–Trinajstić information content (AvgIpc) is 3.49. The molecule has 144 valence electrons. The number of aromatic nitrogens is 4. The topological polar surface area (TPSA) is 83.9 Å². The minimum absolute atomic E-state index is 0.0260. The SMILES string of the molecule is O=C(c1n[nH]c2ccccc12)N1CCC(Cn2nc(C3CC3)ccc2=O)CC1. The molecule has 1 aliphatic carbocycles. The molecule has 1 saturated carbocycles. The van der Waals surface area contributed by atoms with E-state index in [9.17, 15) is 9.59 Å². The number of aromatic amines is 1. The standard InChI is InChI=1S/C21H23N5O2/c27-19-8-7-17(15-5-6-15)24-26(19)13-14-9-11-25(12-10-14)21(28)20-16-3-1-2-4-18(16)22-23-20/h1-4,7-8,14-15H,5-6,9-13H2,(H,22,23). The monoisotopic (exact) mass is 377 g/mol. The number of hydrogen-bond acceptors (Lipinski definition) is 4. The van der Waals surface area contributed by atoms with Crippen molar-refractivity contribution in [2.45, 2.75) is 38.1 Å². The van der Waals surface area contributed by atoms with Gasteiger partial charge in [0.25, 0.3) is 11.5 Å². The first-order valence-electron chi connectivity index (χ1n) is 9.99. The van der Waals surface area contributed by atoms with Gasteiger partial charge in [-0.15, -0.1) is 0 Å². The minimum Gasteiger partial charge on any atom is -0.337 e. The molecule has 1 aromatic carbocycles. The summed E-state index contributed by atoms with van der Waals surface area (Å²) in [7, 11) is 0. The number of nitrogens with one attached hydrogen (secondary N) is 1. The Bertz CT molecular complexity index is 1070. The maximum Gasteiger partial charge on any atom is 0.274 e. The zero-order valence-electron chi connectivity index (χ0n) is 15.7. The number of H-pyrrole nitrogens is 1. The van der Waals surface area contributed by atoms with Crippen molar-refractivity contribution in [1.82, 2.24) is 24.9 Å². The first kappa shape index (κ1) is 17.2. The lowest BCUT2D eigenvalue weighted by atomic mass is 9.96. The molecule has 0 bridgehead atoms. The summed E-state index contributed by atoms with van der Waals surface area (Å²) >= 11 is 0. The van der Waals surface area contributed by atoms with Crippen molar-refractivity contribution >= 4 is 16.8 Å². The minimum atomic E-state index is -0.0362. The summed E-state index contributed by atoms with van der Waals surface area (Å²) in [5.41, 5.74) is 2.37. The molecule has 3 heterocycles. The summed E-state index contributed by atoms with van der Waals surface area (Å²) in [4.78, 5) is 26.9. The summed E-state index contributed by atoms with van der Waals surface area (Å²) in [5, 5.41) is 12.6. The maximum atomic E-state index is 12.9. The van der Waals surface area contributed by atoms with Gasteiger partial charge in [-0.25, -0.2) is 4.68 Å². The van der Waals surface area contributed by atoms with Gasteiger partial charge in [0.05, 0.1) is 11.2 Å². The second kappa shape index (κ2) is 6.89. The predicted octanol–water partition coefficient (Wildman–Crippen LogP) is 2.55. The van der Waals surface area contributed by atoms with Gasteiger partial charge < -0.3 is 4.90 Å². The third kappa shape index (κ3) is 3.21. The molecule has 1 N–H and O–H groups in total. The van der Waals surface area contributed by atoms with E-state index in [0.29, 0.717) is 37.2 Å². The van der Waals surface area contributed by atoms with E-state index < -0.39 is 0 Å². The van der Waals surface area contributed by atoms with Crippen LogP contribution in [0, 0.1) is 5.92 Å². The van der Waals surface area contributed by atoms with Gasteiger partial charge in [-0.3, -0.25) is 14.7 Å². The molecule has 2 aliphatic rings. The van der Waals surface area contributed by atoms with Gasteiger partial charge in [-0.1, -0.05) is 18.2 Å². The second-order valence-electron chi connectivity index (χ2n) is 7.91. The lowest BCUT2D eigenvalue weighted by Gasteiger charge is -2.31. The Kier molecular flexibility index (Phi) is 4.22. The van der Waals surface area contributed by atoms with E-state index in [0.717, 1.165) is 29.4 Å². The van der Waals surface area contributed by atoms with Gasteiger partial charge in [-0.05, 0) is 43.7 Å². The van der Waals surface area contributed by atoms with Crippen LogP contribution in [0.25, 0.3) is 10.9 Å². The van der Waals surface area contributed by atoms with E-state index in [-0.39, 0.29) is 11.5 Å². The number of amides is 1. The molecule has 2 fully saturated rings. The van der Waals surface area contributed by atoms with E-state index >= 15 is 0 Å². The smallest absolute Gasteiger partial charge is 0.274 e. The number of benzene rings is 1. The van der Waals surface area contributed by atoms with Gasteiger partial charge in [0, 0.05) is 37.0 Å². The number of likely N-dealkylation sites (tertiary alicyclic amines) is 1. The van der Waals surface area contributed by atoms with Crippen LogP contribution in [0.15, 0.2) is 41.2 Å². The van der Waals surface area contributed by atoms with E-state index in [1.165, 1.54) is 12.8 Å². The Morgan fingerprint density at radius 2 is 1.86 bits per heavy atom. The lowest BCUT2D eigenvalue weighted by Crippen LogP contribution is -2.40. The van der Waals surface area contributed by atoms with Crippen LogP contribution in [-0.2, 0) is 6.54 Å². The van der Waals surface area contributed by atoms with Crippen LogP contribution in [0.5, 0.6) is 0 Å². The Balaban J connectivity index is 1.25. The third-order valence-electron chi connectivity index (χ3n) is 5.89. The summed E-state index contributed by atoms with van der Waals surface area (Å²) in [6, 6.07) is 11.2. The number of carbonyl (C=O) groups excluding carboxylic acids is 1. The van der Waals surface area contributed by atoms with Crippen molar-refractivity contribution in [2.24, 2.45) is 5.92 Å². The van der Waals surface area contributed by atoms with E-state index in [2.05, 4.69) is 15.3 Å². The first-order valence-corrected chi connectivity index (χ1v) is 9.99. The Hall–Kier alpha value is -2.96. The molecule has 1 amide bonds. The van der Waals surface area contributed by atoms with Crippen molar-refractivity contribution < 1.29 is 4.79 Å². The third-order valence-corrected chi connectivity index (χ3v) is 5.89. The van der Waals surface area contributed by atoms with Crippen LogP contribution in [-0.4, -0.2) is 43.9 Å². The van der Waals surface area contributed by atoms with Crippen LogP contribution < -0.4 is 5.56 Å². The molecule has 1 aliphatic heterocycles. The largest absolute Gasteiger partial charge is 0.337 e. The van der Waals surface area contributed by atoms with Gasteiger partial charge in [0.1, 0.15) is 0 Å². The van der Waals surface area contributed by atoms with Crippen LogP contribution in [0.2, 0.25) is 0 Å². The highest BCUT2D eigenvalue weighted by Crippen LogP contribution is 2.38. The highest BCUT2D eigenvalue weighted by molar-refractivity contribution is 6.04. The van der Waals surface area contributed by atoms with Gasteiger partial charge in [0.15, 0.2) is 5.69 Å². The fourth-order valence-electron chi connectivity index (χ4n) is 4.03. The van der Waals surface area contributed by atoms with Gasteiger partial charge >= 0.3 is 0 Å². The highest BCUT2D eigenvalue weighted by Gasteiger charge is 2.28. The zero-order chi connectivity index (χ0) is 19.1. The van der Waals surface area contributed by atoms with Crippen molar-refractivity contribution in [1.29, 1.82) is 0 Å². The average molecular weight is 377 g/mol. The Morgan fingerprint density at radius 1 is 1.07 bits per heavy atom. The molecular formula is C21H23N5O2. The molecule has 5 rings (SSSR count). The summed E-state index contributed by atoms with van der Waals surface area (Å²) < 4.78 is 1.62. The second-order valence-corrected chi connectivity index (χ2v) is 7.91. The predicted molar refractivity (Wildman–Crippen MR) is 105 cm³/mol. The molecule has 0 radical (unpaired) electrons. The molecule has 1 saturated heterocycles. The Labute approximate surface area is 162 Å². The number of rotatable bonds is 4. The number of fused-ring (bicyclic) bond motifs is 1. The van der Waals surface area contributed by atoms with Crippen LogP contribution in [0.1, 0.15) is 47.8 Å². The summed E-state index contributed by atoms with van der Waals surface area (Å²) in [5.74, 6) is 0.872. The normalized spacial score (nSPS) is 17.9. The molecule has 28 heavy (non-hydrogen) atoms. The first-order chi connectivity index (χ1) is 13.7. The molecule has 7 heteroatoms. The summed E-state index contributed by atoms with van der Waals surface area (Å²) in [6.45, 7) is 2.00. The van der Waals surface area contributed by atoms with Crippen molar-refractivity contribution in [3.8, 4) is 0 Å². The molecule has 3 aromatic rings. The van der Waals surface area contributed by atoms with Crippen molar-refractivity contribution in [3.05, 3.63) is 58.1 Å². The Morgan fingerprint density at radius 3 is 2.64 bits per heavy atom. The molecule has 7 nitrogen and oxygen atoms in total. The molecule has 0 atom stereocenters. The van der Waals surface area contributed by atoms with E-state index in [1.807, 2.05) is 35.2 Å². The molecule has 0 unspecified atom stereocenters. The van der Waals surface area contributed by atoms with E-state index in [1.54, 1.807) is 10.7 Å². The lowest BCUT2D eigenvalue weighted by molar-refractivity contribution is 0.0676. The molecular weight excluding hydrogens is 354 g/mol. The van der Waals surface area contributed by atoms with E-state index in [4.69, 9.17) is 0 Å². The fraction of sp³-hybridized carbons (Fsp3) is 0.429. The van der Waals surface area contributed by atoms with Crippen LogP contribution in [0.4, 0.5) is 0 Å². The van der Waals surface area contributed by atoms with Gasteiger partial charge in [-0.2, -0.15) is 10.2 Å².